The highest BCUT2D eigenvalue weighted by molar-refractivity contribution is 4.85. The van der Waals surface area contributed by atoms with Crippen molar-refractivity contribution in [2.45, 2.75) is 31.7 Å². The zero-order valence-corrected chi connectivity index (χ0v) is 5.84. The second-order valence-electron chi connectivity index (χ2n) is 2.92. The van der Waals surface area contributed by atoms with Gasteiger partial charge < -0.3 is 5.73 Å². The minimum atomic E-state index is 0.446. The Kier molecular flexibility index (Phi) is 2.29. The molecule has 9 heavy (non-hydrogen) atoms. The molecule has 1 nitrogen and oxygen atoms in total. The molecule has 1 rings (SSSR count). The summed E-state index contributed by atoms with van der Waals surface area (Å²) in [6, 6.07) is 0.446. The van der Waals surface area contributed by atoms with Crippen molar-refractivity contribution in [1.29, 1.82) is 0 Å². The summed E-state index contributed by atoms with van der Waals surface area (Å²) in [5.41, 5.74) is 5.75. The summed E-state index contributed by atoms with van der Waals surface area (Å²) in [5, 5.41) is 0. The van der Waals surface area contributed by atoms with Crippen LogP contribution in [-0.4, -0.2) is 6.04 Å². The minimum Gasteiger partial charge on any atom is -0.328 e. The summed E-state index contributed by atoms with van der Waals surface area (Å²) < 4.78 is 0. The van der Waals surface area contributed by atoms with E-state index in [0.29, 0.717) is 12.0 Å². The molecule has 0 aromatic heterocycles. The van der Waals surface area contributed by atoms with Crippen LogP contribution in [0.25, 0.3) is 0 Å². The standard InChI is InChI=1S/C8H15N/c1-2-7-4-3-5-8(9)6-7/h2,7-8H,1,3-6,9H2/t7?,8-/m0/s1. The maximum atomic E-state index is 5.75. The molecule has 0 aromatic rings. The molecule has 2 atom stereocenters. The lowest BCUT2D eigenvalue weighted by atomic mass is 9.86. The van der Waals surface area contributed by atoms with Gasteiger partial charge in [0.1, 0.15) is 0 Å². The molecular formula is C8H15N. The molecule has 0 saturated heterocycles. The molecule has 1 heteroatoms. The average Bonchev–Trinajstić information content (AvgIpc) is 1.88. The van der Waals surface area contributed by atoms with Crippen LogP contribution in [0.2, 0.25) is 0 Å². The van der Waals surface area contributed by atoms with Crippen LogP contribution in [-0.2, 0) is 0 Å². The van der Waals surface area contributed by atoms with Gasteiger partial charge in [-0.05, 0) is 25.2 Å². The lowest BCUT2D eigenvalue weighted by Crippen LogP contribution is -2.26. The van der Waals surface area contributed by atoms with E-state index < -0.39 is 0 Å². The Bertz CT molecular complexity index is 98.7. The molecule has 1 aliphatic carbocycles. The van der Waals surface area contributed by atoms with Crippen LogP contribution in [0.4, 0.5) is 0 Å². The van der Waals surface area contributed by atoms with E-state index in [1.165, 1.54) is 19.3 Å². The number of nitrogens with two attached hydrogens (primary N) is 1. The van der Waals surface area contributed by atoms with E-state index in [1.807, 2.05) is 6.08 Å². The highest BCUT2D eigenvalue weighted by Crippen LogP contribution is 2.23. The smallest absolute Gasteiger partial charge is 0.00444 e. The Balaban J connectivity index is 2.31. The van der Waals surface area contributed by atoms with Gasteiger partial charge in [0.2, 0.25) is 0 Å². The first kappa shape index (κ1) is 6.81. The third kappa shape index (κ3) is 1.83. The largest absolute Gasteiger partial charge is 0.328 e. The molecule has 1 fully saturated rings. The van der Waals surface area contributed by atoms with Crippen molar-refractivity contribution < 1.29 is 0 Å². The number of hydrogen-bond donors (Lipinski definition) is 1. The van der Waals surface area contributed by atoms with Gasteiger partial charge in [-0.15, -0.1) is 6.58 Å². The topological polar surface area (TPSA) is 26.0 Å². The fourth-order valence-electron chi connectivity index (χ4n) is 1.48. The van der Waals surface area contributed by atoms with Crippen molar-refractivity contribution in [1.82, 2.24) is 0 Å². The highest BCUT2D eigenvalue weighted by Gasteiger charge is 2.15. The van der Waals surface area contributed by atoms with E-state index in [4.69, 9.17) is 5.73 Å². The molecule has 0 radical (unpaired) electrons. The molecule has 1 saturated carbocycles. The zero-order valence-electron chi connectivity index (χ0n) is 5.84. The van der Waals surface area contributed by atoms with Crippen LogP contribution < -0.4 is 5.73 Å². The Morgan fingerprint density at radius 1 is 1.44 bits per heavy atom. The molecule has 52 valence electrons. The van der Waals surface area contributed by atoms with Gasteiger partial charge in [-0.25, -0.2) is 0 Å². The predicted molar refractivity (Wildman–Crippen MR) is 40.1 cm³/mol. The second-order valence-corrected chi connectivity index (χ2v) is 2.92. The first-order valence-electron chi connectivity index (χ1n) is 3.71. The summed E-state index contributed by atoms with van der Waals surface area (Å²) >= 11 is 0. The summed E-state index contributed by atoms with van der Waals surface area (Å²) in [6.45, 7) is 3.76. The Morgan fingerprint density at radius 2 is 2.22 bits per heavy atom. The van der Waals surface area contributed by atoms with Gasteiger partial charge in [0, 0.05) is 6.04 Å². The van der Waals surface area contributed by atoms with Gasteiger partial charge in [-0.3, -0.25) is 0 Å². The number of allylic oxidation sites excluding steroid dienone is 1. The van der Waals surface area contributed by atoms with E-state index in [2.05, 4.69) is 6.58 Å². The van der Waals surface area contributed by atoms with E-state index in [-0.39, 0.29) is 0 Å². The average molecular weight is 125 g/mol. The number of rotatable bonds is 1. The van der Waals surface area contributed by atoms with E-state index in [1.54, 1.807) is 0 Å². The molecular weight excluding hydrogens is 110 g/mol. The Hall–Kier alpha value is -0.300. The third-order valence-corrected chi connectivity index (χ3v) is 2.09. The molecule has 0 heterocycles. The maximum absolute atomic E-state index is 5.75. The Labute approximate surface area is 56.9 Å². The molecule has 2 N–H and O–H groups in total. The second kappa shape index (κ2) is 3.02. The molecule has 0 aliphatic heterocycles. The normalized spacial score (nSPS) is 36.1. The van der Waals surface area contributed by atoms with Gasteiger partial charge in [0.15, 0.2) is 0 Å². The molecule has 0 aromatic carbocycles. The van der Waals surface area contributed by atoms with Crippen LogP contribution in [0.1, 0.15) is 25.7 Å². The predicted octanol–water partition coefficient (Wildman–Crippen LogP) is 1.69. The van der Waals surface area contributed by atoms with Crippen molar-refractivity contribution in [3.63, 3.8) is 0 Å². The third-order valence-electron chi connectivity index (χ3n) is 2.09. The summed E-state index contributed by atoms with van der Waals surface area (Å²) in [6.07, 6.45) is 7.00. The van der Waals surface area contributed by atoms with Gasteiger partial charge in [0.25, 0.3) is 0 Å². The van der Waals surface area contributed by atoms with Crippen LogP contribution in [0.3, 0.4) is 0 Å². The van der Waals surface area contributed by atoms with E-state index in [0.717, 1.165) is 6.42 Å². The van der Waals surface area contributed by atoms with Crippen LogP contribution in [0, 0.1) is 5.92 Å². The summed E-state index contributed by atoms with van der Waals surface area (Å²) in [5.74, 6) is 0.703. The zero-order chi connectivity index (χ0) is 6.69. The first-order valence-corrected chi connectivity index (χ1v) is 3.71. The van der Waals surface area contributed by atoms with Crippen LogP contribution >= 0.6 is 0 Å². The first-order chi connectivity index (χ1) is 4.33. The van der Waals surface area contributed by atoms with Crippen molar-refractivity contribution in [2.75, 3.05) is 0 Å². The van der Waals surface area contributed by atoms with Crippen molar-refractivity contribution in [3.8, 4) is 0 Å². The lowest BCUT2D eigenvalue weighted by Gasteiger charge is -2.23. The quantitative estimate of drug-likeness (QED) is 0.530. The molecule has 1 aliphatic rings. The fourth-order valence-corrected chi connectivity index (χ4v) is 1.48. The van der Waals surface area contributed by atoms with Gasteiger partial charge >= 0.3 is 0 Å². The van der Waals surface area contributed by atoms with Crippen LogP contribution in [0.5, 0.6) is 0 Å². The van der Waals surface area contributed by atoms with E-state index in [9.17, 15) is 0 Å². The molecule has 0 spiro atoms. The van der Waals surface area contributed by atoms with Crippen molar-refractivity contribution in [2.24, 2.45) is 11.7 Å². The van der Waals surface area contributed by atoms with E-state index >= 15 is 0 Å². The van der Waals surface area contributed by atoms with Crippen LogP contribution in [0.15, 0.2) is 12.7 Å². The van der Waals surface area contributed by atoms with Gasteiger partial charge in [-0.1, -0.05) is 12.5 Å². The minimum absolute atomic E-state index is 0.446. The van der Waals surface area contributed by atoms with Crippen molar-refractivity contribution >= 4 is 0 Å². The Morgan fingerprint density at radius 3 is 2.67 bits per heavy atom. The molecule has 0 bridgehead atoms. The van der Waals surface area contributed by atoms with Gasteiger partial charge in [-0.2, -0.15) is 0 Å². The molecule has 0 amide bonds. The van der Waals surface area contributed by atoms with Gasteiger partial charge in [0.05, 0.1) is 0 Å². The summed E-state index contributed by atoms with van der Waals surface area (Å²) in [7, 11) is 0. The SMILES string of the molecule is C=CC1CCC[C@H](N)C1. The summed E-state index contributed by atoms with van der Waals surface area (Å²) in [4.78, 5) is 0. The lowest BCUT2D eigenvalue weighted by molar-refractivity contribution is 0.373. The maximum Gasteiger partial charge on any atom is 0.00444 e. The van der Waals surface area contributed by atoms with Crippen molar-refractivity contribution in [3.05, 3.63) is 12.7 Å². The monoisotopic (exact) mass is 125 g/mol. The molecule has 1 unspecified atom stereocenters. The fraction of sp³-hybridized carbons (Fsp3) is 0.750. The highest BCUT2D eigenvalue weighted by atomic mass is 14.6. The number of hydrogen-bond acceptors (Lipinski definition) is 1.